The molecule has 0 bridgehead atoms. The number of hydrogen-bond acceptors (Lipinski definition) is 5. The molecule has 2 aromatic rings. The van der Waals surface area contributed by atoms with E-state index in [0.717, 1.165) is 37.9 Å². The first-order chi connectivity index (χ1) is 14.0. The van der Waals surface area contributed by atoms with Crippen molar-refractivity contribution in [2.75, 3.05) is 38.6 Å². The van der Waals surface area contributed by atoms with Crippen LogP contribution < -0.4 is 10.2 Å². The summed E-state index contributed by atoms with van der Waals surface area (Å²) in [4.78, 5) is 28.2. The fraction of sp³-hybridized carbons (Fsp3) is 0.409. The monoisotopic (exact) mass is 396 g/mol. The first-order valence-corrected chi connectivity index (χ1v) is 9.99. The molecule has 154 valence electrons. The summed E-state index contributed by atoms with van der Waals surface area (Å²) in [5.41, 5.74) is 1.88. The minimum Gasteiger partial charge on any atom is -0.366 e. The maximum absolute atomic E-state index is 12.9. The van der Waals surface area contributed by atoms with Crippen LogP contribution in [0, 0.1) is 10.1 Å². The molecule has 0 radical (unpaired) electrons. The van der Waals surface area contributed by atoms with Crippen molar-refractivity contribution in [2.45, 2.75) is 25.3 Å². The highest BCUT2D eigenvalue weighted by molar-refractivity contribution is 5.96. The van der Waals surface area contributed by atoms with Crippen LogP contribution >= 0.6 is 0 Å². The van der Waals surface area contributed by atoms with Crippen LogP contribution in [0.4, 0.5) is 11.4 Å². The molecule has 1 saturated heterocycles. The molecule has 2 aromatic carbocycles. The summed E-state index contributed by atoms with van der Waals surface area (Å²) >= 11 is 0. The van der Waals surface area contributed by atoms with E-state index in [0.29, 0.717) is 17.8 Å². The van der Waals surface area contributed by atoms with Gasteiger partial charge in [-0.3, -0.25) is 14.9 Å². The Hall–Kier alpha value is -2.93. The van der Waals surface area contributed by atoms with Gasteiger partial charge in [-0.2, -0.15) is 0 Å². The summed E-state index contributed by atoms with van der Waals surface area (Å²) < 4.78 is 0. The molecule has 1 atom stereocenters. The number of benzene rings is 2. The molecular weight excluding hydrogens is 368 g/mol. The fourth-order valence-electron chi connectivity index (χ4n) is 3.74. The molecule has 7 nitrogen and oxygen atoms in total. The third kappa shape index (κ3) is 5.32. The van der Waals surface area contributed by atoms with E-state index in [1.807, 2.05) is 54.2 Å². The van der Waals surface area contributed by atoms with Crippen molar-refractivity contribution < 1.29 is 9.72 Å². The zero-order valence-electron chi connectivity index (χ0n) is 17.0. The number of piperidine rings is 1. The van der Waals surface area contributed by atoms with Gasteiger partial charge in [0.25, 0.3) is 11.6 Å². The van der Waals surface area contributed by atoms with Gasteiger partial charge in [-0.25, -0.2) is 0 Å². The second-order valence-electron chi connectivity index (χ2n) is 7.71. The Bertz CT molecular complexity index is 848. The van der Waals surface area contributed by atoms with E-state index < -0.39 is 4.92 Å². The quantitative estimate of drug-likeness (QED) is 0.571. The Morgan fingerprint density at radius 1 is 1.14 bits per heavy atom. The molecule has 1 heterocycles. The van der Waals surface area contributed by atoms with Crippen LogP contribution in [0.15, 0.2) is 48.5 Å². The average Bonchev–Trinajstić information content (AvgIpc) is 2.73. The van der Waals surface area contributed by atoms with Gasteiger partial charge in [-0.15, -0.1) is 0 Å². The average molecular weight is 396 g/mol. The number of anilines is 1. The van der Waals surface area contributed by atoms with Crippen LogP contribution in [0.25, 0.3) is 0 Å². The lowest BCUT2D eigenvalue weighted by Crippen LogP contribution is -2.35. The van der Waals surface area contributed by atoms with Crippen LogP contribution in [0.1, 0.15) is 41.2 Å². The zero-order chi connectivity index (χ0) is 20.8. The van der Waals surface area contributed by atoms with Gasteiger partial charge in [0.2, 0.25) is 0 Å². The van der Waals surface area contributed by atoms with E-state index in [2.05, 4.69) is 5.32 Å². The number of nitro groups is 1. The molecule has 1 aliphatic rings. The second-order valence-corrected chi connectivity index (χ2v) is 7.71. The number of amides is 1. The van der Waals surface area contributed by atoms with E-state index in [-0.39, 0.29) is 17.6 Å². The number of likely N-dealkylation sites (N-methyl/N-ethyl adjacent to an activating group) is 1. The molecule has 0 spiro atoms. The maximum atomic E-state index is 12.9. The van der Waals surface area contributed by atoms with E-state index >= 15 is 0 Å². The Morgan fingerprint density at radius 2 is 1.83 bits per heavy atom. The van der Waals surface area contributed by atoms with Crippen molar-refractivity contribution in [3.8, 4) is 0 Å². The summed E-state index contributed by atoms with van der Waals surface area (Å²) in [6.45, 7) is 2.25. The molecular formula is C22H28N4O3. The van der Waals surface area contributed by atoms with E-state index in [1.165, 1.54) is 6.07 Å². The first-order valence-electron chi connectivity index (χ1n) is 9.99. The number of carbonyl (C=O) groups is 1. The van der Waals surface area contributed by atoms with Crippen LogP contribution in [-0.2, 0) is 0 Å². The molecule has 29 heavy (non-hydrogen) atoms. The predicted octanol–water partition coefficient (Wildman–Crippen LogP) is 3.62. The van der Waals surface area contributed by atoms with Crippen molar-refractivity contribution in [3.05, 3.63) is 69.8 Å². The smallest absolute Gasteiger partial charge is 0.293 e. The highest BCUT2D eigenvalue weighted by atomic mass is 16.6. The molecule has 0 aromatic heterocycles. The Balaban J connectivity index is 1.83. The van der Waals surface area contributed by atoms with E-state index in [9.17, 15) is 14.9 Å². The third-order valence-corrected chi connectivity index (χ3v) is 5.19. The standard InChI is InChI=1S/C22H28N4O3/c1-24(2)16-19(17-9-5-3-6-10-17)23-22(27)18-11-12-20(21(15-18)26(28)29)25-13-7-4-8-14-25/h3,5-6,9-12,15,19H,4,7-8,13-14,16H2,1-2H3,(H,23,27)/t19-/m0/s1. The number of nitrogens with one attached hydrogen (secondary N) is 1. The van der Waals surface area contributed by atoms with Gasteiger partial charge in [0, 0.05) is 31.3 Å². The van der Waals surface area contributed by atoms with Crippen molar-refractivity contribution >= 4 is 17.3 Å². The third-order valence-electron chi connectivity index (χ3n) is 5.19. The molecule has 0 saturated carbocycles. The van der Waals surface area contributed by atoms with Crippen molar-refractivity contribution in [3.63, 3.8) is 0 Å². The van der Waals surface area contributed by atoms with Crippen LogP contribution in [0.2, 0.25) is 0 Å². The minimum absolute atomic E-state index is 0.0107. The summed E-state index contributed by atoms with van der Waals surface area (Å²) in [7, 11) is 3.89. The molecule has 1 amide bonds. The summed E-state index contributed by atoms with van der Waals surface area (Å²) in [5.74, 6) is -0.311. The van der Waals surface area contributed by atoms with Gasteiger partial charge in [-0.05, 0) is 51.1 Å². The molecule has 3 rings (SSSR count). The van der Waals surface area contributed by atoms with Crippen molar-refractivity contribution in [1.82, 2.24) is 10.2 Å². The first kappa shape index (κ1) is 20.8. The number of nitro benzene ring substituents is 1. The number of hydrogen-bond donors (Lipinski definition) is 1. The zero-order valence-corrected chi connectivity index (χ0v) is 17.0. The Labute approximate surface area is 171 Å². The molecule has 7 heteroatoms. The van der Waals surface area contributed by atoms with Crippen LogP contribution in [0.5, 0.6) is 0 Å². The molecule has 0 unspecified atom stereocenters. The second kappa shape index (κ2) is 9.52. The lowest BCUT2D eigenvalue weighted by molar-refractivity contribution is -0.384. The topological polar surface area (TPSA) is 78.7 Å². The summed E-state index contributed by atoms with van der Waals surface area (Å²) in [6.07, 6.45) is 3.21. The highest BCUT2D eigenvalue weighted by Crippen LogP contribution is 2.31. The van der Waals surface area contributed by atoms with Gasteiger partial charge >= 0.3 is 0 Å². The highest BCUT2D eigenvalue weighted by Gasteiger charge is 2.24. The van der Waals surface area contributed by atoms with Gasteiger partial charge in [0.05, 0.1) is 11.0 Å². The number of carbonyl (C=O) groups excluding carboxylic acids is 1. The van der Waals surface area contributed by atoms with Gasteiger partial charge < -0.3 is 15.1 Å². The number of rotatable bonds is 7. The SMILES string of the molecule is CN(C)C[C@H](NC(=O)c1ccc(N2CCCCC2)c([N+](=O)[O-])c1)c1ccccc1. The van der Waals surface area contributed by atoms with Gasteiger partial charge in [-0.1, -0.05) is 30.3 Å². The van der Waals surface area contributed by atoms with Crippen LogP contribution in [-0.4, -0.2) is 49.5 Å². The minimum atomic E-state index is -0.394. The molecule has 1 aliphatic heterocycles. The van der Waals surface area contributed by atoms with Crippen molar-refractivity contribution in [2.24, 2.45) is 0 Å². The Morgan fingerprint density at radius 3 is 2.45 bits per heavy atom. The largest absolute Gasteiger partial charge is 0.366 e. The lowest BCUT2D eigenvalue weighted by Gasteiger charge is -2.28. The Kier molecular flexibility index (Phi) is 6.82. The predicted molar refractivity (Wildman–Crippen MR) is 114 cm³/mol. The van der Waals surface area contributed by atoms with Crippen LogP contribution in [0.3, 0.4) is 0 Å². The van der Waals surface area contributed by atoms with Gasteiger partial charge in [0.15, 0.2) is 0 Å². The molecule has 0 aliphatic carbocycles. The summed E-state index contributed by atoms with van der Waals surface area (Å²) in [5, 5.41) is 14.7. The van der Waals surface area contributed by atoms with E-state index in [4.69, 9.17) is 0 Å². The molecule has 1 fully saturated rings. The lowest BCUT2D eigenvalue weighted by atomic mass is 10.0. The fourth-order valence-corrected chi connectivity index (χ4v) is 3.74. The maximum Gasteiger partial charge on any atom is 0.293 e. The summed E-state index contributed by atoms with van der Waals surface area (Å²) in [6, 6.07) is 14.3. The number of nitrogens with zero attached hydrogens (tertiary/aromatic N) is 3. The molecule has 1 N–H and O–H groups in total. The van der Waals surface area contributed by atoms with Crippen molar-refractivity contribution in [1.29, 1.82) is 0 Å². The normalized spacial score (nSPS) is 15.2. The van der Waals surface area contributed by atoms with Gasteiger partial charge in [0.1, 0.15) is 5.69 Å². The van der Waals surface area contributed by atoms with E-state index in [1.54, 1.807) is 12.1 Å².